The van der Waals surface area contributed by atoms with E-state index < -0.39 is 11.9 Å². The fourth-order valence-electron chi connectivity index (χ4n) is 9.17. The number of nitrogens with zero attached hydrogens (tertiary/aromatic N) is 3. The first-order chi connectivity index (χ1) is 15.7. The minimum Gasteiger partial charge on any atom is -0.481 e. The van der Waals surface area contributed by atoms with Gasteiger partial charge in [-0.25, -0.2) is 0 Å². The molecule has 0 radical (unpaired) electrons. The zero-order valence-electron chi connectivity index (χ0n) is 20.5. The predicted octanol–water partition coefficient (Wildman–Crippen LogP) is 6.37. The molecular weight excluding hydrogens is 418 g/mol. The van der Waals surface area contributed by atoms with Crippen LogP contribution in [0.2, 0.25) is 0 Å². The number of carbonyl (C=O) groups excluding carboxylic acids is 1. The van der Waals surface area contributed by atoms with Crippen molar-refractivity contribution in [2.45, 2.75) is 97.5 Å². The standard InChI is InChI=1S/C26H41N3O4/c1-16(4-9-23(30)31)20-7-8-21-19-6-5-17-14-18(33-24(32)15-28-29-27)10-12-25(17,2)22(19)11-13-26(20,21)3/h16-22H,4-15H2,1-3H3,(H,30,31)/t16-,17-,18-,19+,20?,21+,22?,25?,26?/m1/s1. The maximum absolute atomic E-state index is 11.9. The Morgan fingerprint density at radius 2 is 1.82 bits per heavy atom. The van der Waals surface area contributed by atoms with Crippen molar-refractivity contribution in [3.8, 4) is 0 Å². The van der Waals surface area contributed by atoms with E-state index in [2.05, 4.69) is 30.8 Å². The molecule has 4 aliphatic carbocycles. The van der Waals surface area contributed by atoms with E-state index in [1.807, 2.05) is 0 Å². The fourth-order valence-corrected chi connectivity index (χ4v) is 9.17. The molecule has 4 unspecified atom stereocenters. The Morgan fingerprint density at radius 1 is 1.09 bits per heavy atom. The van der Waals surface area contributed by atoms with Crippen LogP contribution in [0.25, 0.3) is 10.4 Å². The molecule has 0 aromatic rings. The third-order valence-corrected chi connectivity index (χ3v) is 10.8. The summed E-state index contributed by atoms with van der Waals surface area (Å²) < 4.78 is 5.64. The highest BCUT2D eigenvalue weighted by Crippen LogP contribution is 2.68. The van der Waals surface area contributed by atoms with Gasteiger partial charge in [-0.1, -0.05) is 25.9 Å². The largest absolute Gasteiger partial charge is 0.481 e. The molecule has 0 spiro atoms. The summed E-state index contributed by atoms with van der Waals surface area (Å²) in [4.78, 5) is 25.7. The van der Waals surface area contributed by atoms with E-state index in [0.717, 1.165) is 43.4 Å². The van der Waals surface area contributed by atoms with Crippen LogP contribution < -0.4 is 0 Å². The van der Waals surface area contributed by atoms with Crippen LogP contribution >= 0.6 is 0 Å². The SMILES string of the molecule is C[C@H](CCC(=O)O)C1CC[C@H]2[C@@H]3CC[C@@H]4C[C@H](OC(=O)CN=[N+]=[N-])CCC4(C)C3CCC12C. The van der Waals surface area contributed by atoms with Crippen LogP contribution in [0.15, 0.2) is 5.11 Å². The van der Waals surface area contributed by atoms with Crippen molar-refractivity contribution in [3.05, 3.63) is 10.4 Å². The molecule has 1 N–H and O–H groups in total. The highest BCUT2D eigenvalue weighted by atomic mass is 16.5. The van der Waals surface area contributed by atoms with Gasteiger partial charge in [0.2, 0.25) is 0 Å². The van der Waals surface area contributed by atoms with Crippen LogP contribution in [-0.4, -0.2) is 29.7 Å². The number of fused-ring (bicyclic) bond motifs is 5. The van der Waals surface area contributed by atoms with Gasteiger partial charge in [0.15, 0.2) is 0 Å². The highest BCUT2D eigenvalue weighted by Gasteiger charge is 2.60. The number of rotatable bonds is 7. The van der Waals surface area contributed by atoms with Gasteiger partial charge in [-0.05, 0) is 116 Å². The number of azide groups is 1. The summed E-state index contributed by atoms with van der Waals surface area (Å²) in [5.41, 5.74) is 9.11. The van der Waals surface area contributed by atoms with E-state index >= 15 is 0 Å². The van der Waals surface area contributed by atoms with Crippen molar-refractivity contribution in [2.75, 3.05) is 6.54 Å². The molecule has 0 bridgehead atoms. The molecule has 4 aliphatic rings. The van der Waals surface area contributed by atoms with Crippen molar-refractivity contribution >= 4 is 11.9 Å². The number of ether oxygens (including phenoxy) is 1. The zero-order chi connectivity index (χ0) is 23.8. The molecule has 0 aromatic heterocycles. The second-order valence-electron chi connectivity index (χ2n) is 12.1. The summed E-state index contributed by atoms with van der Waals surface area (Å²) in [5, 5.41) is 12.5. The first kappa shape index (κ1) is 24.4. The summed E-state index contributed by atoms with van der Waals surface area (Å²) in [7, 11) is 0. The van der Waals surface area contributed by atoms with Crippen molar-refractivity contribution in [1.29, 1.82) is 0 Å². The summed E-state index contributed by atoms with van der Waals surface area (Å²) >= 11 is 0. The quantitative estimate of drug-likeness (QED) is 0.206. The lowest BCUT2D eigenvalue weighted by Crippen LogP contribution is -2.54. The summed E-state index contributed by atoms with van der Waals surface area (Å²) in [6, 6.07) is 0. The van der Waals surface area contributed by atoms with E-state index in [1.165, 1.54) is 38.5 Å². The fraction of sp³-hybridized carbons (Fsp3) is 0.923. The number of esters is 1. The van der Waals surface area contributed by atoms with E-state index in [9.17, 15) is 9.59 Å². The van der Waals surface area contributed by atoms with Crippen LogP contribution in [0.5, 0.6) is 0 Å². The van der Waals surface area contributed by atoms with Crippen molar-refractivity contribution in [3.63, 3.8) is 0 Å². The molecule has 0 heterocycles. The maximum Gasteiger partial charge on any atom is 0.311 e. The van der Waals surface area contributed by atoms with Crippen molar-refractivity contribution in [2.24, 2.45) is 51.5 Å². The highest BCUT2D eigenvalue weighted by molar-refractivity contribution is 5.72. The summed E-state index contributed by atoms with van der Waals surface area (Å²) in [5.74, 6) is 2.96. The van der Waals surface area contributed by atoms with Crippen LogP contribution in [0.4, 0.5) is 0 Å². The van der Waals surface area contributed by atoms with E-state index in [0.29, 0.717) is 35.0 Å². The van der Waals surface area contributed by atoms with Gasteiger partial charge in [-0.2, -0.15) is 0 Å². The van der Waals surface area contributed by atoms with E-state index in [1.54, 1.807) is 0 Å². The van der Waals surface area contributed by atoms with Crippen LogP contribution in [0, 0.1) is 46.3 Å². The van der Waals surface area contributed by atoms with Gasteiger partial charge in [0.1, 0.15) is 12.6 Å². The van der Waals surface area contributed by atoms with Gasteiger partial charge in [0, 0.05) is 11.3 Å². The van der Waals surface area contributed by atoms with Crippen molar-refractivity contribution < 1.29 is 19.4 Å². The van der Waals surface area contributed by atoms with Gasteiger partial charge >= 0.3 is 11.9 Å². The lowest BCUT2D eigenvalue weighted by atomic mass is 9.44. The number of carboxylic acids is 1. The molecule has 4 fully saturated rings. The molecule has 4 saturated carbocycles. The summed E-state index contributed by atoms with van der Waals surface area (Å²) in [6.45, 7) is 7.11. The Morgan fingerprint density at radius 3 is 2.55 bits per heavy atom. The van der Waals surface area contributed by atoms with Gasteiger partial charge in [0.25, 0.3) is 0 Å². The number of aliphatic carboxylic acids is 1. The Hall–Kier alpha value is -1.75. The Bertz CT molecular complexity index is 811. The molecule has 9 atom stereocenters. The second-order valence-corrected chi connectivity index (χ2v) is 12.1. The minimum absolute atomic E-state index is 0.0409. The van der Waals surface area contributed by atoms with E-state index in [4.69, 9.17) is 15.4 Å². The second kappa shape index (κ2) is 9.48. The van der Waals surface area contributed by atoms with E-state index in [-0.39, 0.29) is 12.6 Å². The smallest absolute Gasteiger partial charge is 0.311 e. The maximum atomic E-state index is 11.9. The predicted molar refractivity (Wildman–Crippen MR) is 125 cm³/mol. The number of hydrogen-bond donors (Lipinski definition) is 1. The Kier molecular flexibility index (Phi) is 7.00. The van der Waals surface area contributed by atoms with Gasteiger partial charge in [-0.3, -0.25) is 9.59 Å². The number of carbonyl (C=O) groups is 2. The average Bonchev–Trinajstić information content (AvgIpc) is 3.13. The molecular formula is C26H41N3O4. The van der Waals surface area contributed by atoms with Crippen LogP contribution in [0.1, 0.15) is 91.4 Å². The molecule has 184 valence electrons. The monoisotopic (exact) mass is 459 g/mol. The first-order valence-electron chi connectivity index (χ1n) is 13.1. The topological polar surface area (TPSA) is 112 Å². The lowest BCUT2D eigenvalue weighted by molar-refractivity contribution is -0.161. The molecule has 0 aromatic carbocycles. The number of hydrogen-bond acceptors (Lipinski definition) is 4. The van der Waals surface area contributed by atoms with Gasteiger partial charge in [0.05, 0.1) is 0 Å². The van der Waals surface area contributed by atoms with Crippen LogP contribution in [0.3, 0.4) is 0 Å². The third kappa shape index (κ3) is 4.50. The Labute approximate surface area is 197 Å². The van der Waals surface area contributed by atoms with Gasteiger partial charge in [-0.15, -0.1) is 0 Å². The molecule has 7 heteroatoms. The minimum atomic E-state index is -0.671. The normalized spacial score (nSPS) is 42.8. The number of carboxylic acid groups (broad SMARTS) is 1. The van der Waals surface area contributed by atoms with Crippen LogP contribution in [-0.2, 0) is 14.3 Å². The molecule has 0 aliphatic heterocycles. The molecule has 33 heavy (non-hydrogen) atoms. The van der Waals surface area contributed by atoms with Gasteiger partial charge < -0.3 is 9.84 Å². The molecule has 4 rings (SSSR count). The third-order valence-electron chi connectivity index (χ3n) is 10.8. The lowest BCUT2D eigenvalue weighted by Gasteiger charge is -2.61. The summed E-state index contributed by atoms with van der Waals surface area (Å²) in [6.07, 6.45) is 11.6. The Balaban J connectivity index is 1.42. The average molecular weight is 460 g/mol. The molecule has 0 amide bonds. The first-order valence-corrected chi connectivity index (χ1v) is 13.1. The zero-order valence-corrected chi connectivity index (χ0v) is 20.5. The molecule has 7 nitrogen and oxygen atoms in total. The van der Waals surface area contributed by atoms with Crippen molar-refractivity contribution in [1.82, 2.24) is 0 Å². The molecule has 0 saturated heterocycles.